The Hall–Kier alpha value is -1.67. The lowest BCUT2D eigenvalue weighted by Gasteiger charge is -2.13. The molecule has 0 saturated heterocycles. The van der Waals surface area contributed by atoms with Crippen molar-refractivity contribution in [2.75, 3.05) is 7.11 Å². The third-order valence-electron chi connectivity index (χ3n) is 2.03. The number of hydrogen-bond donors (Lipinski definition) is 2. The predicted molar refractivity (Wildman–Crippen MR) is 59.9 cm³/mol. The molecule has 0 heterocycles. The number of benzene rings is 1. The molecule has 0 fully saturated rings. The highest BCUT2D eigenvalue weighted by atomic mass is 79.9. The number of nitrogens with zero attached hydrogens (tertiary/aromatic N) is 1. The number of aliphatic hydroxyl groups excluding tert-OH is 1. The molecule has 1 aromatic carbocycles. The molecule has 8 heteroatoms. The minimum Gasteiger partial charge on any atom is -0.490 e. The topological polar surface area (TPSA) is 110 Å². The Balaban J connectivity index is 3.51. The molecule has 0 aliphatic carbocycles. The van der Waals surface area contributed by atoms with Crippen LogP contribution in [0.25, 0.3) is 0 Å². The largest absolute Gasteiger partial charge is 0.490 e. The minimum atomic E-state index is -1.90. The van der Waals surface area contributed by atoms with E-state index < -0.39 is 22.7 Å². The van der Waals surface area contributed by atoms with Gasteiger partial charge in [0.1, 0.15) is 0 Å². The maximum absolute atomic E-state index is 10.7. The lowest BCUT2D eigenvalue weighted by Crippen LogP contribution is -2.13. The molecule has 1 rings (SSSR count). The lowest BCUT2D eigenvalue weighted by molar-refractivity contribution is -0.385. The molecule has 0 aliphatic rings. The number of ether oxygens (including phenoxy) is 1. The molecule has 0 aliphatic heterocycles. The number of halogens is 1. The van der Waals surface area contributed by atoms with E-state index in [0.717, 1.165) is 13.2 Å². The predicted octanol–water partition coefficient (Wildman–Crippen LogP) is 1.48. The van der Waals surface area contributed by atoms with Gasteiger partial charge >= 0.3 is 11.7 Å². The molecule has 2 N–H and O–H groups in total. The van der Waals surface area contributed by atoms with E-state index in [1.54, 1.807) is 0 Å². The van der Waals surface area contributed by atoms with Crippen LogP contribution in [0, 0.1) is 10.1 Å². The molecule has 0 amide bonds. The van der Waals surface area contributed by atoms with E-state index in [4.69, 9.17) is 9.84 Å². The van der Waals surface area contributed by atoms with Gasteiger partial charge in [-0.3, -0.25) is 10.1 Å². The highest BCUT2D eigenvalue weighted by molar-refractivity contribution is 9.10. The van der Waals surface area contributed by atoms with Crippen LogP contribution in [0.1, 0.15) is 11.7 Å². The van der Waals surface area contributed by atoms with E-state index >= 15 is 0 Å². The summed E-state index contributed by atoms with van der Waals surface area (Å²) in [6, 6.07) is 2.43. The summed E-state index contributed by atoms with van der Waals surface area (Å²) >= 11 is 3.01. The summed E-state index contributed by atoms with van der Waals surface area (Å²) in [5.41, 5.74) is -0.597. The number of nitro benzene ring substituents is 1. The number of hydrogen-bond acceptors (Lipinski definition) is 5. The van der Waals surface area contributed by atoms with Crippen LogP contribution in [0.15, 0.2) is 16.6 Å². The van der Waals surface area contributed by atoms with Crippen LogP contribution in [0.5, 0.6) is 5.75 Å². The monoisotopic (exact) mass is 305 g/mol. The quantitative estimate of drug-likeness (QED) is 0.644. The van der Waals surface area contributed by atoms with Crippen molar-refractivity contribution in [1.82, 2.24) is 0 Å². The van der Waals surface area contributed by atoms with Crippen molar-refractivity contribution in [1.29, 1.82) is 0 Å². The first-order chi connectivity index (χ1) is 7.90. The Bertz CT molecular complexity index is 475. The standard InChI is InChI=1S/C9H8BrNO6/c1-17-8-5(11(15)16)3-2-4(10)6(8)7(12)9(13)14/h2-3,7,12H,1H3,(H,13,14). The second-order valence-electron chi connectivity index (χ2n) is 3.01. The van der Waals surface area contributed by atoms with Crippen LogP contribution in [0.4, 0.5) is 5.69 Å². The zero-order valence-electron chi connectivity index (χ0n) is 8.58. The smallest absolute Gasteiger partial charge is 0.337 e. The average molecular weight is 306 g/mol. The number of rotatable bonds is 4. The normalized spacial score (nSPS) is 11.9. The summed E-state index contributed by atoms with van der Waals surface area (Å²) < 4.78 is 5.01. The third-order valence-corrected chi connectivity index (χ3v) is 2.72. The number of nitro groups is 1. The average Bonchev–Trinajstić information content (AvgIpc) is 2.26. The van der Waals surface area contributed by atoms with E-state index in [1.165, 1.54) is 6.07 Å². The molecule has 0 radical (unpaired) electrons. The SMILES string of the molecule is COc1c([N+](=O)[O-])ccc(Br)c1C(O)C(=O)O. The summed E-state index contributed by atoms with van der Waals surface area (Å²) in [5, 5.41) is 28.9. The molecule has 0 saturated carbocycles. The van der Waals surface area contributed by atoms with Gasteiger partial charge in [0.2, 0.25) is 5.75 Å². The van der Waals surface area contributed by atoms with Crippen LogP contribution in [-0.4, -0.2) is 28.2 Å². The maximum Gasteiger partial charge on any atom is 0.337 e. The Morgan fingerprint density at radius 2 is 2.18 bits per heavy atom. The first kappa shape index (κ1) is 13.4. The zero-order chi connectivity index (χ0) is 13.2. The highest BCUT2D eigenvalue weighted by Crippen LogP contribution is 2.39. The van der Waals surface area contributed by atoms with Crippen LogP contribution >= 0.6 is 15.9 Å². The second-order valence-corrected chi connectivity index (χ2v) is 3.87. The molecule has 17 heavy (non-hydrogen) atoms. The minimum absolute atomic E-state index is 0.186. The molecule has 1 aromatic rings. The highest BCUT2D eigenvalue weighted by Gasteiger charge is 2.29. The van der Waals surface area contributed by atoms with Crippen LogP contribution < -0.4 is 4.74 Å². The molecule has 0 aromatic heterocycles. The first-order valence-corrected chi connectivity index (χ1v) is 5.11. The van der Waals surface area contributed by atoms with E-state index in [-0.39, 0.29) is 15.8 Å². The first-order valence-electron chi connectivity index (χ1n) is 4.31. The molecular formula is C9H8BrNO6. The number of carbonyl (C=O) groups is 1. The van der Waals surface area contributed by atoms with Crippen molar-refractivity contribution in [2.24, 2.45) is 0 Å². The van der Waals surface area contributed by atoms with Crippen LogP contribution in [0.3, 0.4) is 0 Å². The number of methoxy groups -OCH3 is 1. The third kappa shape index (κ3) is 2.53. The number of carboxylic acids is 1. The van der Waals surface area contributed by atoms with Gasteiger partial charge in [-0.05, 0) is 6.07 Å². The van der Waals surface area contributed by atoms with Gasteiger partial charge in [0.15, 0.2) is 6.10 Å². The Labute approximate surface area is 104 Å². The summed E-state index contributed by atoms with van der Waals surface area (Å²) in [7, 11) is 1.16. The van der Waals surface area contributed by atoms with Gasteiger partial charge in [-0.25, -0.2) is 4.79 Å². The maximum atomic E-state index is 10.7. The van der Waals surface area contributed by atoms with E-state index in [0.29, 0.717) is 0 Å². The van der Waals surface area contributed by atoms with Crippen molar-refractivity contribution in [3.63, 3.8) is 0 Å². The van der Waals surface area contributed by atoms with Gasteiger partial charge in [0.05, 0.1) is 17.6 Å². The lowest BCUT2D eigenvalue weighted by atomic mass is 10.1. The van der Waals surface area contributed by atoms with Crippen molar-refractivity contribution in [3.05, 3.63) is 32.3 Å². The number of aliphatic hydroxyl groups is 1. The van der Waals surface area contributed by atoms with Crippen molar-refractivity contribution >= 4 is 27.6 Å². The Morgan fingerprint density at radius 1 is 1.59 bits per heavy atom. The summed E-state index contributed by atoms with van der Waals surface area (Å²) in [4.78, 5) is 20.7. The Morgan fingerprint density at radius 3 is 2.59 bits per heavy atom. The van der Waals surface area contributed by atoms with Crippen molar-refractivity contribution in [2.45, 2.75) is 6.10 Å². The van der Waals surface area contributed by atoms with Gasteiger partial charge in [-0.2, -0.15) is 0 Å². The van der Waals surface area contributed by atoms with Gasteiger partial charge < -0.3 is 14.9 Å². The van der Waals surface area contributed by atoms with Crippen molar-refractivity contribution < 1.29 is 24.7 Å². The van der Waals surface area contributed by atoms with E-state index in [2.05, 4.69) is 15.9 Å². The Kier molecular flexibility index (Phi) is 4.02. The number of carboxylic acid groups (broad SMARTS) is 1. The summed E-state index contributed by atoms with van der Waals surface area (Å²) in [6.07, 6.45) is -1.90. The molecule has 0 spiro atoms. The molecule has 92 valence electrons. The van der Waals surface area contributed by atoms with E-state index in [9.17, 15) is 20.0 Å². The molecule has 7 nitrogen and oxygen atoms in total. The fourth-order valence-electron chi connectivity index (χ4n) is 1.30. The molecular weight excluding hydrogens is 298 g/mol. The fraction of sp³-hybridized carbons (Fsp3) is 0.222. The molecule has 0 bridgehead atoms. The van der Waals surface area contributed by atoms with Crippen LogP contribution in [-0.2, 0) is 4.79 Å². The second kappa shape index (κ2) is 5.11. The van der Waals surface area contributed by atoms with Gasteiger partial charge in [0, 0.05) is 10.5 Å². The van der Waals surface area contributed by atoms with Gasteiger partial charge in [-0.1, -0.05) is 15.9 Å². The molecule has 1 unspecified atom stereocenters. The van der Waals surface area contributed by atoms with Gasteiger partial charge in [0.25, 0.3) is 0 Å². The number of aliphatic carboxylic acids is 1. The van der Waals surface area contributed by atoms with E-state index in [1.807, 2.05) is 0 Å². The zero-order valence-corrected chi connectivity index (χ0v) is 10.2. The summed E-state index contributed by atoms with van der Waals surface area (Å²) in [5.74, 6) is -1.80. The van der Waals surface area contributed by atoms with Crippen molar-refractivity contribution in [3.8, 4) is 5.75 Å². The van der Waals surface area contributed by atoms with Gasteiger partial charge in [-0.15, -0.1) is 0 Å². The fourth-order valence-corrected chi connectivity index (χ4v) is 1.83. The molecule has 1 atom stereocenters. The summed E-state index contributed by atoms with van der Waals surface area (Å²) in [6.45, 7) is 0. The van der Waals surface area contributed by atoms with Crippen LogP contribution in [0.2, 0.25) is 0 Å².